The maximum absolute atomic E-state index is 12.8. The van der Waals surface area contributed by atoms with Crippen molar-refractivity contribution >= 4 is 23.5 Å². The molecule has 0 spiro atoms. The Balaban J connectivity index is 0.000000242. The third-order valence-corrected chi connectivity index (χ3v) is 4.86. The molecule has 0 radical (unpaired) electrons. The van der Waals surface area contributed by atoms with Gasteiger partial charge in [-0.3, -0.25) is 4.79 Å². The maximum atomic E-state index is 12.8. The van der Waals surface area contributed by atoms with Crippen LogP contribution in [-0.2, 0) is 33.6 Å². The number of carbonyl (C=O) groups excluding carboxylic acids is 1. The van der Waals surface area contributed by atoms with Crippen LogP contribution in [0.1, 0.15) is 23.4 Å². The van der Waals surface area contributed by atoms with E-state index < -0.39 is 11.9 Å². The van der Waals surface area contributed by atoms with E-state index in [0.29, 0.717) is 12.2 Å². The second-order valence-electron chi connectivity index (χ2n) is 6.65. The quantitative estimate of drug-likeness (QED) is 0.695. The molecule has 1 aliphatic carbocycles. The second kappa shape index (κ2) is 8.51. The molecule has 1 aromatic heterocycles. The molecule has 0 fully saturated rings. The molecule has 8 heteroatoms. The Morgan fingerprint density at radius 1 is 1.11 bits per heavy atom. The highest BCUT2D eigenvalue weighted by Crippen LogP contribution is 2.31. The molecule has 2 aromatic rings. The molecular formula is C20H21N3O5. The molecule has 0 saturated heterocycles. The molecule has 1 aliphatic heterocycles. The number of aryl methyl sites for hydroxylation is 1. The summed E-state index contributed by atoms with van der Waals surface area (Å²) in [6.45, 7) is 0.822. The third kappa shape index (κ3) is 4.46. The number of benzene rings is 1. The van der Waals surface area contributed by atoms with E-state index in [-0.39, 0.29) is 11.8 Å². The molecular weight excluding hydrogens is 362 g/mol. The number of carbonyl (C=O) groups is 3. The number of amides is 1. The Morgan fingerprint density at radius 2 is 1.82 bits per heavy atom. The van der Waals surface area contributed by atoms with E-state index in [0.717, 1.165) is 43.6 Å². The predicted octanol–water partition coefficient (Wildman–Crippen LogP) is 1.82. The highest BCUT2D eigenvalue weighted by atomic mass is 16.4. The smallest absolute Gasteiger partial charge is 0.328 e. The molecule has 2 heterocycles. The van der Waals surface area contributed by atoms with E-state index in [1.807, 2.05) is 17.0 Å². The van der Waals surface area contributed by atoms with Crippen LogP contribution in [-0.4, -0.2) is 44.6 Å². The van der Waals surface area contributed by atoms with Crippen molar-refractivity contribution in [1.82, 2.24) is 9.97 Å². The van der Waals surface area contributed by atoms with Crippen LogP contribution in [0.2, 0.25) is 0 Å². The van der Waals surface area contributed by atoms with Gasteiger partial charge < -0.3 is 20.1 Å². The van der Waals surface area contributed by atoms with Crippen molar-refractivity contribution in [2.24, 2.45) is 5.92 Å². The van der Waals surface area contributed by atoms with Crippen molar-refractivity contribution in [3.8, 4) is 0 Å². The number of imidazole rings is 1. The molecule has 28 heavy (non-hydrogen) atoms. The first-order valence-corrected chi connectivity index (χ1v) is 9.00. The standard InChI is InChI=1S/C16H17N3O.C4H4O4/c20-16(12-5-6-13-14(9-12)18-10-17-13)19-8-7-11-3-1-2-4-15(11)19;5-3(6)1-2-4(7)8/h1-4,10,12H,5-9H2,(H,17,18);1-2H,(H,5,6)(H,7,8)/b;2-1+. The van der Waals surface area contributed by atoms with Crippen molar-refractivity contribution < 1.29 is 24.6 Å². The lowest BCUT2D eigenvalue weighted by Crippen LogP contribution is -2.37. The zero-order valence-electron chi connectivity index (χ0n) is 15.2. The fraction of sp³-hybridized carbons (Fsp3) is 0.300. The summed E-state index contributed by atoms with van der Waals surface area (Å²) in [5.74, 6) is -2.17. The van der Waals surface area contributed by atoms with E-state index in [1.54, 1.807) is 6.33 Å². The number of nitrogens with one attached hydrogen (secondary N) is 1. The minimum Gasteiger partial charge on any atom is -0.478 e. The molecule has 3 N–H and O–H groups in total. The predicted molar refractivity (Wildman–Crippen MR) is 101 cm³/mol. The first kappa shape index (κ1) is 19.3. The third-order valence-electron chi connectivity index (χ3n) is 4.86. The second-order valence-corrected chi connectivity index (χ2v) is 6.65. The highest BCUT2D eigenvalue weighted by molar-refractivity contribution is 5.97. The van der Waals surface area contributed by atoms with Gasteiger partial charge in [-0.2, -0.15) is 0 Å². The van der Waals surface area contributed by atoms with Crippen LogP contribution >= 0.6 is 0 Å². The largest absolute Gasteiger partial charge is 0.478 e. The molecule has 2 aliphatic rings. The molecule has 8 nitrogen and oxygen atoms in total. The Labute approximate surface area is 161 Å². The normalized spacial score (nSPS) is 17.4. The number of rotatable bonds is 3. The van der Waals surface area contributed by atoms with Crippen LogP contribution in [0.4, 0.5) is 5.69 Å². The summed E-state index contributed by atoms with van der Waals surface area (Å²) in [7, 11) is 0. The number of para-hydroxylation sites is 1. The number of fused-ring (bicyclic) bond motifs is 2. The van der Waals surface area contributed by atoms with E-state index in [2.05, 4.69) is 22.1 Å². The van der Waals surface area contributed by atoms with E-state index >= 15 is 0 Å². The van der Waals surface area contributed by atoms with Gasteiger partial charge in [0.25, 0.3) is 0 Å². The summed E-state index contributed by atoms with van der Waals surface area (Å²) in [6, 6.07) is 8.23. The van der Waals surface area contributed by atoms with Crippen molar-refractivity contribution in [2.45, 2.75) is 25.7 Å². The number of hydrogen-bond acceptors (Lipinski definition) is 4. The van der Waals surface area contributed by atoms with Gasteiger partial charge in [0.05, 0.1) is 12.0 Å². The van der Waals surface area contributed by atoms with Gasteiger partial charge in [-0.25, -0.2) is 14.6 Å². The number of carboxylic acids is 2. The van der Waals surface area contributed by atoms with Crippen molar-refractivity contribution in [1.29, 1.82) is 0 Å². The Kier molecular flexibility index (Phi) is 5.88. The average molecular weight is 383 g/mol. The summed E-state index contributed by atoms with van der Waals surface area (Å²) in [5.41, 5.74) is 4.67. The molecule has 1 unspecified atom stereocenters. The van der Waals surface area contributed by atoms with Gasteiger partial charge in [-0.1, -0.05) is 18.2 Å². The maximum Gasteiger partial charge on any atom is 0.328 e. The Morgan fingerprint density at radius 3 is 2.54 bits per heavy atom. The lowest BCUT2D eigenvalue weighted by atomic mass is 9.88. The van der Waals surface area contributed by atoms with Gasteiger partial charge in [-0.15, -0.1) is 0 Å². The topological polar surface area (TPSA) is 124 Å². The molecule has 0 bridgehead atoms. The molecule has 1 amide bonds. The zero-order valence-corrected chi connectivity index (χ0v) is 15.2. The van der Waals surface area contributed by atoms with Gasteiger partial charge in [0.1, 0.15) is 0 Å². The van der Waals surface area contributed by atoms with Crippen molar-refractivity contribution in [3.63, 3.8) is 0 Å². The van der Waals surface area contributed by atoms with Crippen LogP contribution in [0.25, 0.3) is 0 Å². The van der Waals surface area contributed by atoms with Gasteiger partial charge >= 0.3 is 11.9 Å². The molecule has 0 saturated carbocycles. The number of anilines is 1. The zero-order chi connectivity index (χ0) is 20.1. The first-order valence-electron chi connectivity index (χ1n) is 9.00. The lowest BCUT2D eigenvalue weighted by Gasteiger charge is -2.26. The Bertz CT molecular complexity index is 902. The fourth-order valence-corrected chi connectivity index (χ4v) is 3.54. The number of aromatic nitrogens is 2. The van der Waals surface area contributed by atoms with E-state index in [9.17, 15) is 14.4 Å². The van der Waals surface area contributed by atoms with Crippen LogP contribution < -0.4 is 4.90 Å². The van der Waals surface area contributed by atoms with Crippen LogP contribution in [0.15, 0.2) is 42.7 Å². The number of H-pyrrole nitrogens is 1. The lowest BCUT2D eigenvalue weighted by molar-refractivity contribution is -0.134. The number of aromatic amines is 1. The van der Waals surface area contributed by atoms with Gasteiger partial charge in [0, 0.05) is 42.4 Å². The summed E-state index contributed by atoms with van der Waals surface area (Å²) >= 11 is 0. The monoisotopic (exact) mass is 383 g/mol. The average Bonchev–Trinajstić information content (AvgIpc) is 3.32. The highest BCUT2D eigenvalue weighted by Gasteiger charge is 2.32. The number of aliphatic carboxylic acids is 2. The van der Waals surface area contributed by atoms with Crippen molar-refractivity contribution in [3.05, 3.63) is 59.7 Å². The molecule has 146 valence electrons. The molecule has 1 atom stereocenters. The number of carboxylic acid groups (broad SMARTS) is 2. The molecule has 4 rings (SSSR count). The van der Waals surface area contributed by atoms with Gasteiger partial charge in [-0.05, 0) is 30.9 Å². The fourth-order valence-electron chi connectivity index (χ4n) is 3.54. The van der Waals surface area contributed by atoms with Crippen molar-refractivity contribution in [2.75, 3.05) is 11.4 Å². The van der Waals surface area contributed by atoms with E-state index in [4.69, 9.17) is 10.2 Å². The van der Waals surface area contributed by atoms with Gasteiger partial charge in [0.2, 0.25) is 5.91 Å². The summed E-state index contributed by atoms with van der Waals surface area (Å²) in [4.78, 5) is 41.4. The number of nitrogens with zero attached hydrogens (tertiary/aromatic N) is 2. The Hall–Kier alpha value is -3.42. The first-order chi connectivity index (χ1) is 13.5. The SMILES string of the molecule is O=C(C1CCc2[nH]cnc2C1)N1CCc2ccccc21.O=C(O)/C=C/C(=O)O. The summed E-state index contributed by atoms with van der Waals surface area (Å²) < 4.78 is 0. The minimum absolute atomic E-state index is 0.0805. The van der Waals surface area contributed by atoms with Crippen LogP contribution in [0.3, 0.4) is 0 Å². The summed E-state index contributed by atoms with van der Waals surface area (Å²) in [6.07, 6.45) is 6.46. The van der Waals surface area contributed by atoms with E-state index in [1.165, 1.54) is 11.3 Å². The number of hydrogen-bond donors (Lipinski definition) is 3. The van der Waals surface area contributed by atoms with Crippen LogP contribution in [0, 0.1) is 5.92 Å². The van der Waals surface area contributed by atoms with Crippen LogP contribution in [0.5, 0.6) is 0 Å². The molecule has 1 aromatic carbocycles. The summed E-state index contributed by atoms with van der Waals surface area (Å²) in [5, 5.41) is 15.6. The minimum atomic E-state index is -1.26. The van der Waals surface area contributed by atoms with Gasteiger partial charge in [0.15, 0.2) is 0 Å².